The van der Waals surface area contributed by atoms with Crippen molar-refractivity contribution < 1.29 is 19.2 Å². The molecule has 1 fully saturated rings. The lowest BCUT2D eigenvalue weighted by Gasteiger charge is -2.36. The van der Waals surface area contributed by atoms with E-state index < -0.39 is 10.9 Å². The fourth-order valence-electron chi connectivity index (χ4n) is 4.32. The number of benzene rings is 3. The molecular weight excluding hydrogens is 434 g/mol. The van der Waals surface area contributed by atoms with E-state index in [1.54, 1.807) is 18.2 Å². The van der Waals surface area contributed by atoms with Gasteiger partial charge in [0.05, 0.1) is 17.6 Å². The maximum Gasteiger partial charge on any atom is 0.338 e. The smallest absolute Gasteiger partial charge is 0.338 e. The van der Waals surface area contributed by atoms with E-state index in [1.807, 2.05) is 23.1 Å². The van der Waals surface area contributed by atoms with Crippen molar-refractivity contribution in [1.82, 2.24) is 4.90 Å². The molecule has 0 saturated carbocycles. The first-order valence-electron chi connectivity index (χ1n) is 11.1. The summed E-state index contributed by atoms with van der Waals surface area (Å²) in [5.74, 6) is 0.249. The molecule has 3 aromatic rings. The van der Waals surface area contributed by atoms with Crippen LogP contribution in [0, 0.1) is 10.1 Å². The third kappa shape index (κ3) is 4.87. The van der Waals surface area contributed by atoms with E-state index in [-0.39, 0.29) is 11.3 Å². The topological polar surface area (TPSA) is 85.2 Å². The van der Waals surface area contributed by atoms with Gasteiger partial charge in [-0.05, 0) is 29.0 Å². The summed E-state index contributed by atoms with van der Waals surface area (Å²) in [7, 11) is 1.26. The van der Waals surface area contributed by atoms with Crippen LogP contribution in [0.15, 0.2) is 67.3 Å². The summed E-state index contributed by atoms with van der Waals surface area (Å²) >= 11 is 0. The van der Waals surface area contributed by atoms with Gasteiger partial charge in [-0.25, -0.2) is 4.79 Å². The zero-order valence-corrected chi connectivity index (χ0v) is 19.1. The van der Waals surface area contributed by atoms with Crippen LogP contribution >= 0.6 is 0 Å². The highest BCUT2D eigenvalue weighted by Crippen LogP contribution is 2.32. The monoisotopic (exact) mass is 461 g/mol. The lowest BCUT2D eigenvalue weighted by Crippen LogP contribution is -2.46. The van der Waals surface area contributed by atoms with Gasteiger partial charge >= 0.3 is 5.97 Å². The summed E-state index contributed by atoms with van der Waals surface area (Å²) in [4.78, 5) is 27.3. The molecule has 0 aromatic heterocycles. The second kappa shape index (κ2) is 10.4. The maximum absolute atomic E-state index is 11.8. The van der Waals surface area contributed by atoms with Gasteiger partial charge in [-0.1, -0.05) is 43.0 Å². The van der Waals surface area contributed by atoms with Gasteiger partial charge in [0.25, 0.3) is 5.69 Å². The molecule has 3 aromatic carbocycles. The number of hydrogen-bond acceptors (Lipinski definition) is 7. The molecule has 34 heavy (non-hydrogen) atoms. The number of ether oxygens (including phenoxy) is 2. The van der Waals surface area contributed by atoms with Crippen LogP contribution < -0.4 is 9.64 Å². The SMILES string of the molecule is C=CCOc1ccc2ccccc2c1CN1CCN(c2ccc(C(=O)OC)cc2[N+](=O)[O-])CC1. The number of fused-ring (bicyclic) bond motifs is 1. The highest BCUT2D eigenvalue weighted by Gasteiger charge is 2.26. The van der Waals surface area contributed by atoms with Gasteiger partial charge in [-0.2, -0.15) is 0 Å². The van der Waals surface area contributed by atoms with Gasteiger partial charge in [0, 0.05) is 44.4 Å². The molecule has 8 heteroatoms. The van der Waals surface area contributed by atoms with E-state index in [9.17, 15) is 14.9 Å². The van der Waals surface area contributed by atoms with Crippen LogP contribution in [-0.4, -0.2) is 55.7 Å². The molecule has 8 nitrogen and oxygen atoms in total. The number of nitrogens with zero attached hydrogens (tertiary/aromatic N) is 3. The van der Waals surface area contributed by atoms with Crippen molar-refractivity contribution in [1.29, 1.82) is 0 Å². The maximum atomic E-state index is 11.8. The highest BCUT2D eigenvalue weighted by atomic mass is 16.6. The molecule has 1 aliphatic rings. The van der Waals surface area contributed by atoms with Crippen LogP contribution in [0.5, 0.6) is 5.75 Å². The highest BCUT2D eigenvalue weighted by molar-refractivity contribution is 5.91. The number of carbonyl (C=O) groups excluding carboxylic acids is 1. The molecule has 1 aliphatic heterocycles. The average Bonchev–Trinajstić information content (AvgIpc) is 2.87. The molecule has 0 amide bonds. The first-order chi connectivity index (χ1) is 16.5. The number of carbonyl (C=O) groups is 1. The van der Waals surface area contributed by atoms with Crippen LogP contribution in [0.3, 0.4) is 0 Å². The second-order valence-corrected chi connectivity index (χ2v) is 8.08. The van der Waals surface area contributed by atoms with Crippen molar-refractivity contribution in [3.8, 4) is 5.75 Å². The van der Waals surface area contributed by atoms with Gasteiger partial charge in [-0.3, -0.25) is 15.0 Å². The van der Waals surface area contributed by atoms with Crippen LogP contribution in [0.25, 0.3) is 10.8 Å². The largest absolute Gasteiger partial charge is 0.489 e. The first kappa shape index (κ1) is 23.3. The molecule has 0 unspecified atom stereocenters. The summed E-state index contributed by atoms with van der Waals surface area (Å²) in [6.07, 6.45) is 1.73. The summed E-state index contributed by atoms with van der Waals surface area (Å²) < 4.78 is 10.6. The normalized spacial score (nSPS) is 14.1. The number of anilines is 1. The minimum absolute atomic E-state index is 0.0921. The Morgan fingerprint density at radius 2 is 1.88 bits per heavy atom. The molecule has 0 spiro atoms. The number of rotatable bonds is 8. The minimum Gasteiger partial charge on any atom is -0.489 e. The van der Waals surface area contributed by atoms with Crippen molar-refractivity contribution in [2.75, 3.05) is 44.8 Å². The first-order valence-corrected chi connectivity index (χ1v) is 11.1. The van der Waals surface area contributed by atoms with Crippen molar-refractivity contribution >= 4 is 28.1 Å². The Labute approximate surface area is 198 Å². The van der Waals surface area contributed by atoms with E-state index in [2.05, 4.69) is 29.7 Å². The fraction of sp³-hybridized carbons (Fsp3) is 0.269. The summed E-state index contributed by atoms with van der Waals surface area (Å²) in [5, 5.41) is 14.0. The standard InChI is InChI=1S/C26H27N3O5/c1-3-16-34-25-11-9-19-6-4-5-7-21(19)22(25)18-27-12-14-28(15-13-27)23-10-8-20(26(30)33-2)17-24(23)29(31)32/h3-11,17H,1,12-16,18H2,2H3. The lowest BCUT2D eigenvalue weighted by atomic mass is 10.0. The summed E-state index contributed by atoms with van der Waals surface area (Å²) in [6.45, 7) is 7.63. The summed E-state index contributed by atoms with van der Waals surface area (Å²) in [6, 6.07) is 16.8. The van der Waals surface area contributed by atoms with Crippen molar-refractivity contribution in [2.24, 2.45) is 0 Å². The van der Waals surface area contributed by atoms with Crippen LogP contribution in [0.4, 0.5) is 11.4 Å². The molecule has 1 heterocycles. The molecule has 0 N–H and O–H groups in total. The molecule has 0 radical (unpaired) electrons. The van der Waals surface area contributed by atoms with Gasteiger partial charge in [0.15, 0.2) is 0 Å². The Hall–Kier alpha value is -3.91. The predicted molar refractivity (Wildman–Crippen MR) is 132 cm³/mol. The quantitative estimate of drug-likeness (QED) is 0.212. The van der Waals surface area contributed by atoms with Gasteiger partial charge in [0.1, 0.15) is 18.0 Å². The Kier molecular flexibility index (Phi) is 7.08. The Balaban J connectivity index is 1.52. The average molecular weight is 462 g/mol. The van der Waals surface area contributed by atoms with Crippen LogP contribution in [0.2, 0.25) is 0 Å². The number of nitro benzene ring substituents is 1. The van der Waals surface area contributed by atoms with Crippen LogP contribution in [-0.2, 0) is 11.3 Å². The summed E-state index contributed by atoms with van der Waals surface area (Å²) in [5.41, 5.74) is 1.71. The second-order valence-electron chi connectivity index (χ2n) is 8.08. The molecule has 1 saturated heterocycles. The van der Waals surface area contributed by atoms with E-state index in [4.69, 9.17) is 9.47 Å². The third-order valence-electron chi connectivity index (χ3n) is 6.04. The van der Waals surface area contributed by atoms with Crippen molar-refractivity contribution in [3.63, 3.8) is 0 Å². The number of esters is 1. The molecule has 4 rings (SSSR count). The number of methoxy groups -OCH3 is 1. The number of nitro groups is 1. The Morgan fingerprint density at radius 1 is 1.12 bits per heavy atom. The third-order valence-corrected chi connectivity index (χ3v) is 6.04. The Morgan fingerprint density at radius 3 is 2.59 bits per heavy atom. The van der Waals surface area contributed by atoms with E-state index in [0.29, 0.717) is 31.9 Å². The zero-order chi connectivity index (χ0) is 24.1. The van der Waals surface area contributed by atoms with Gasteiger partial charge in [0.2, 0.25) is 0 Å². The minimum atomic E-state index is -0.593. The fourth-order valence-corrected chi connectivity index (χ4v) is 4.32. The molecule has 176 valence electrons. The Bertz CT molecular complexity index is 1220. The zero-order valence-electron chi connectivity index (χ0n) is 19.1. The van der Waals surface area contributed by atoms with Crippen LogP contribution in [0.1, 0.15) is 15.9 Å². The van der Waals surface area contributed by atoms with Gasteiger partial charge < -0.3 is 14.4 Å². The molecule has 0 aliphatic carbocycles. The van der Waals surface area contributed by atoms with Crippen molar-refractivity contribution in [2.45, 2.75) is 6.54 Å². The molecule has 0 bridgehead atoms. The lowest BCUT2D eigenvalue weighted by molar-refractivity contribution is -0.384. The number of hydrogen-bond donors (Lipinski definition) is 0. The van der Waals surface area contributed by atoms with E-state index in [1.165, 1.54) is 13.2 Å². The molecule has 0 atom stereocenters. The predicted octanol–water partition coefficient (Wildman–Crippen LogP) is 4.42. The number of piperazine rings is 1. The van der Waals surface area contributed by atoms with Gasteiger partial charge in [-0.15, -0.1) is 0 Å². The van der Waals surface area contributed by atoms with E-state index >= 15 is 0 Å². The molecular formula is C26H27N3O5. The van der Waals surface area contributed by atoms with Crippen molar-refractivity contribution in [3.05, 3.63) is 88.5 Å². The van der Waals surface area contributed by atoms with E-state index in [0.717, 1.165) is 35.2 Å².